The van der Waals surface area contributed by atoms with E-state index in [9.17, 15) is 4.79 Å². The Bertz CT molecular complexity index is 614. The molecule has 1 amide bonds. The maximum atomic E-state index is 12.4. The van der Waals surface area contributed by atoms with Gasteiger partial charge in [0, 0.05) is 25.9 Å². The first-order chi connectivity index (χ1) is 11.3. The summed E-state index contributed by atoms with van der Waals surface area (Å²) in [6.45, 7) is 2.93. The summed E-state index contributed by atoms with van der Waals surface area (Å²) in [5.74, 6) is 1.06. The molecule has 0 radical (unpaired) electrons. The quantitative estimate of drug-likeness (QED) is 0.885. The van der Waals surface area contributed by atoms with Crippen LogP contribution in [0.1, 0.15) is 30.7 Å². The molecule has 3 rings (SSSR count). The van der Waals surface area contributed by atoms with Gasteiger partial charge >= 0.3 is 0 Å². The van der Waals surface area contributed by atoms with Crippen molar-refractivity contribution in [2.75, 3.05) is 26.7 Å². The highest BCUT2D eigenvalue weighted by Crippen LogP contribution is 2.24. The van der Waals surface area contributed by atoms with Crippen molar-refractivity contribution in [2.45, 2.75) is 32.1 Å². The topological polar surface area (TPSA) is 45.2 Å². The average molecular weight is 331 g/mol. The molecule has 1 saturated heterocycles. The zero-order chi connectivity index (χ0) is 16.1. The number of fused-ring (bicyclic) bond motifs is 1. The first-order valence-electron chi connectivity index (χ1n) is 8.53. The number of nitrogens with zero attached hydrogens (tertiary/aromatic N) is 2. The number of likely N-dealkylation sites (tertiary alicyclic amines) is 1. The third kappa shape index (κ3) is 4.30. The molecule has 1 aromatic heterocycles. The number of aromatic nitrogens is 1. The summed E-state index contributed by atoms with van der Waals surface area (Å²) in [6, 6.07) is 8.17. The Hall–Kier alpha value is -1.46. The number of rotatable bonds is 6. The van der Waals surface area contributed by atoms with E-state index in [4.69, 9.17) is 0 Å². The summed E-state index contributed by atoms with van der Waals surface area (Å²) < 4.78 is 1.21. The first kappa shape index (κ1) is 16.4. The van der Waals surface area contributed by atoms with Crippen LogP contribution in [-0.4, -0.2) is 42.5 Å². The lowest BCUT2D eigenvalue weighted by atomic mass is 9.93. The Labute approximate surface area is 141 Å². The maximum Gasteiger partial charge on any atom is 0.222 e. The van der Waals surface area contributed by atoms with E-state index in [0.29, 0.717) is 6.42 Å². The highest BCUT2D eigenvalue weighted by atomic mass is 32.1. The number of carbonyl (C=O) groups excluding carboxylic acids is 1. The number of hydrogen-bond acceptors (Lipinski definition) is 4. The molecule has 1 aliphatic rings. The number of thiazole rings is 1. The van der Waals surface area contributed by atoms with E-state index in [-0.39, 0.29) is 5.91 Å². The minimum Gasteiger partial charge on any atom is -0.343 e. The van der Waals surface area contributed by atoms with Crippen LogP contribution in [0.25, 0.3) is 10.2 Å². The largest absolute Gasteiger partial charge is 0.343 e. The Kier molecular flexibility index (Phi) is 5.62. The summed E-state index contributed by atoms with van der Waals surface area (Å²) in [6.07, 6.45) is 4.87. The molecule has 1 aromatic carbocycles. The molecule has 2 heterocycles. The predicted octanol–water partition coefficient (Wildman–Crippen LogP) is 3.08. The minimum atomic E-state index is 0.288. The smallest absolute Gasteiger partial charge is 0.222 e. The van der Waals surface area contributed by atoms with Crippen LogP contribution in [0.5, 0.6) is 0 Å². The molecule has 4 nitrogen and oxygen atoms in total. The number of amides is 1. The van der Waals surface area contributed by atoms with Crippen LogP contribution in [0, 0.1) is 5.92 Å². The third-order valence-electron chi connectivity index (χ3n) is 4.66. The second-order valence-electron chi connectivity index (χ2n) is 6.29. The summed E-state index contributed by atoms with van der Waals surface area (Å²) in [5, 5.41) is 4.28. The van der Waals surface area contributed by atoms with E-state index in [0.717, 1.165) is 55.3 Å². The lowest BCUT2D eigenvalue weighted by Gasteiger charge is -2.32. The molecule has 0 saturated carbocycles. The molecule has 1 aliphatic heterocycles. The molecule has 0 bridgehead atoms. The van der Waals surface area contributed by atoms with Gasteiger partial charge in [0.2, 0.25) is 5.91 Å². The summed E-state index contributed by atoms with van der Waals surface area (Å²) in [7, 11) is 2.00. The van der Waals surface area contributed by atoms with E-state index in [1.807, 2.05) is 30.1 Å². The fourth-order valence-corrected chi connectivity index (χ4v) is 4.19. The van der Waals surface area contributed by atoms with Gasteiger partial charge in [0.25, 0.3) is 0 Å². The second kappa shape index (κ2) is 7.88. The molecule has 0 aliphatic carbocycles. The number of benzene rings is 1. The third-order valence-corrected chi connectivity index (χ3v) is 5.76. The first-order valence-corrected chi connectivity index (χ1v) is 9.34. The van der Waals surface area contributed by atoms with Crippen molar-refractivity contribution in [1.29, 1.82) is 0 Å². The number of carbonyl (C=O) groups is 1. The summed E-state index contributed by atoms with van der Waals surface area (Å²) in [5.41, 5.74) is 1.05. The van der Waals surface area contributed by atoms with Crippen molar-refractivity contribution in [1.82, 2.24) is 15.2 Å². The minimum absolute atomic E-state index is 0.288. The standard InChI is InChI=1S/C18H25N3OS/c1-19-11-8-14-9-12-21(13-10-14)18(22)7-6-17-20-15-4-2-3-5-16(15)23-17/h2-5,14,19H,6-13H2,1H3. The lowest BCUT2D eigenvalue weighted by Crippen LogP contribution is -2.39. The monoisotopic (exact) mass is 331 g/mol. The van der Waals surface area contributed by atoms with Crippen molar-refractivity contribution in [3.8, 4) is 0 Å². The van der Waals surface area contributed by atoms with Crippen molar-refractivity contribution in [2.24, 2.45) is 5.92 Å². The Morgan fingerprint density at radius 2 is 2.13 bits per heavy atom. The van der Waals surface area contributed by atoms with Gasteiger partial charge in [-0.1, -0.05) is 12.1 Å². The van der Waals surface area contributed by atoms with E-state index in [1.54, 1.807) is 11.3 Å². The van der Waals surface area contributed by atoms with E-state index >= 15 is 0 Å². The zero-order valence-electron chi connectivity index (χ0n) is 13.8. The van der Waals surface area contributed by atoms with Crippen LogP contribution in [0.4, 0.5) is 0 Å². The number of hydrogen-bond donors (Lipinski definition) is 1. The van der Waals surface area contributed by atoms with Crippen molar-refractivity contribution >= 4 is 27.5 Å². The van der Waals surface area contributed by atoms with Crippen molar-refractivity contribution in [3.63, 3.8) is 0 Å². The maximum absolute atomic E-state index is 12.4. The molecule has 1 fully saturated rings. The van der Waals surface area contributed by atoms with Gasteiger partial charge in [0.1, 0.15) is 0 Å². The van der Waals surface area contributed by atoms with Crippen LogP contribution >= 0.6 is 11.3 Å². The van der Waals surface area contributed by atoms with Gasteiger partial charge in [-0.2, -0.15) is 0 Å². The molecular formula is C18H25N3OS. The molecule has 0 unspecified atom stereocenters. The SMILES string of the molecule is CNCCC1CCN(C(=O)CCc2nc3ccccc3s2)CC1. The summed E-state index contributed by atoms with van der Waals surface area (Å²) in [4.78, 5) is 19.1. The second-order valence-corrected chi connectivity index (χ2v) is 7.41. The van der Waals surface area contributed by atoms with Crippen molar-refractivity contribution < 1.29 is 4.79 Å². The van der Waals surface area contributed by atoms with Crippen LogP contribution in [0.15, 0.2) is 24.3 Å². The van der Waals surface area contributed by atoms with E-state index in [2.05, 4.69) is 16.4 Å². The van der Waals surface area contributed by atoms with Gasteiger partial charge in [-0.3, -0.25) is 4.79 Å². The van der Waals surface area contributed by atoms with Crippen LogP contribution in [0.3, 0.4) is 0 Å². The average Bonchev–Trinajstić information content (AvgIpc) is 3.01. The number of nitrogens with one attached hydrogen (secondary N) is 1. The normalized spacial score (nSPS) is 16.1. The van der Waals surface area contributed by atoms with Gasteiger partial charge in [-0.05, 0) is 50.9 Å². The lowest BCUT2D eigenvalue weighted by molar-refractivity contribution is -0.132. The van der Waals surface area contributed by atoms with Crippen LogP contribution < -0.4 is 5.32 Å². The predicted molar refractivity (Wildman–Crippen MR) is 95.8 cm³/mol. The molecule has 0 spiro atoms. The fourth-order valence-electron chi connectivity index (χ4n) is 3.22. The van der Waals surface area contributed by atoms with Gasteiger partial charge in [0.15, 0.2) is 0 Å². The molecular weight excluding hydrogens is 306 g/mol. The zero-order valence-corrected chi connectivity index (χ0v) is 14.6. The molecule has 124 valence electrons. The molecule has 2 aromatic rings. The van der Waals surface area contributed by atoms with Crippen molar-refractivity contribution in [3.05, 3.63) is 29.3 Å². The number of piperidine rings is 1. The Balaban J connectivity index is 1.46. The fraction of sp³-hybridized carbons (Fsp3) is 0.556. The number of para-hydroxylation sites is 1. The van der Waals surface area contributed by atoms with Gasteiger partial charge < -0.3 is 10.2 Å². The van der Waals surface area contributed by atoms with E-state index < -0.39 is 0 Å². The van der Waals surface area contributed by atoms with E-state index in [1.165, 1.54) is 11.1 Å². The number of aryl methyl sites for hydroxylation is 1. The van der Waals surface area contributed by atoms with Crippen LogP contribution in [0.2, 0.25) is 0 Å². The Morgan fingerprint density at radius 3 is 2.87 bits per heavy atom. The van der Waals surface area contributed by atoms with Gasteiger partial charge in [-0.25, -0.2) is 4.98 Å². The van der Waals surface area contributed by atoms with Crippen LogP contribution in [-0.2, 0) is 11.2 Å². The molecule has 23 heavy (non-hydrogen) atoms. The Morgan fingerprint density at radius 1 is 1.35 bits per heavy atom. The molecule has 5 heteroatoms. The molecule has 1 N–H and O–H groups in total. The molecule has 0 atom stereocenters. The van der Waals surface area contributed by atoms with Gasteiger partial charge in [-0.15, -0.1) is 11.3 Å². The highest BCUT2D eigenvalue weighted by molar-refractivity contribution is 7.18. The summed E-state index contributed by atoms with van der Waals surface area (Å²) >= 11 is 1.71. The highest BCUT2D eigenvalue weighted by Gasteiger charge is 2.22. The van der Waals surface area contributed by atoms with Gasteiger partial charge in [0.05, 0.1) is 15.2 Å².